The highest BCUT2D eigenvalue weighted by atomic mass is 16.7. The van der Waals surface area contributed by atoms with E-state index in [0.717, 1.165) is 11.6 Å². The third-order valence-electron chi connectivity index (χ3n) is 1.89. The summed E-state index contributed by atoms with van der Waals surface area (Å²) < 4.78 is 10.4. The van der Waals surface area contributed by atoms with Gasteiger partial charge in [0.05, 0.1) is 6.26 Å². The van der Waals surface area contributed by atoms with Crippen LogP contribution in [0.15, 0.2) is 43.2 Å². The van der Waals surface area contributed by atoms with Crippen molar-refractivity contribution in [3.63, 3.8) is 0 Å². The summed E-state index contributed by atoms with van der Waals surface area (Å²) in [5.41, 5.74) is 0.789. The van der Waals surface area contributed by atoms with Crippen molar-refractivity contribution < 1.29 is 19.4 Å². The second-order valence-corrected chi connectivity index (χ2v) is 3.23. The van der Waals surface area contributed by atoms with Crippen molar-refractivity contribution in [2.45, 2.75) is 13.2 Å². The first-order valence-electron chi connectivity index (χ1n) is 5.06. The number of ether oxygens (including phenoxy) is 2. The molecule has 0 aliphatic carbocycles. The van der Waals surface area contributed by atoms with E-state index < -0.39 is 12.3 Å². The average molecular weight is 234 g/mol. The molecule has 0 spiro atoms. The molecule has 0 radical (unpaired) electrons. The first-order chi connectivity index (χ1) is 8.11. The Labute approximate surface area is 99.8 Å². The molecule has 1 rings (SSSR count). The van der Waals surface area contributed by atoms with Crippen molar-refractivity contribution in [3.05, 3.63) is 48.7 Å². The Kier molecular flexibility index (Phi) is 4.81. The maximum Gasteiger partial charge on any atom is 0.328 e. The molecule has 1 N–H and O–H groups in total. The molecule has 0 bridgehead atoms. The van der Waals surface area contributed by atoms with E-state index in [0.29, 0.717) is 5.75 Å². The fourth-order valence-corrected chi connectivity index (χ4v) is 1.18. The monoisotopic (exact) mass is 234 g/mol. The van der Waals surface area contributed by atoms with Crippen LogP contribution in [0.1, 0.15) is 12.5 Å². The zero-order chi connectivity index (χ0) is 12.7. The highest BCUT2D eigenvalue weighted by Gasteiger charge is 2.01. The summed E-state index contributed by atoms with van der Waals surface area (Å²) in [5.74, 6) is -0.329. The summed E-state index contributed by atoms with van der Waals surface area (Å²) >= 11 is 0. The predicted octanol–water partition coefficient (Wildman–Crippen LogP) is 2.67. The van der Waals surface area contributed by atoms with E-state index in [2.05, 4.69) is 6.58 Å². The van der Waals surface area contributed by atoms with Gasteiger partial charge in [-0.2, -0.15) is 0 Å². The summed E-state index contributed by atoms with van der Waals surface area (Å²) in [6.07, 6.45) is 3.50. The summed E-state index contributed by atoms with van der Waals surface area (Å²) in [6, 6.07) is 7.00. The van der Waals surface area contributed by atoms with Crippen molar-refractivity contribution in [2.24, 2.45) is 0 Å². The number of benzene rings is 1. The topological polar surface area (TPSA) is 55.8 Å². The van der Waals surface area contributed by atoms with Gasteiger partial charge < -0.3 is 14.6 Å². The minimum absolute atomic E-state index is 0.409. The van der Waals surface area contributed by atoms with Crippen molar-refractivity contribution in [1.29, 1.82) is 0 Å². The lowest BCUT2D eigenvalue weighted by Gasteiger charge is -2.13. The van der Waals surface area contributed by atoms with Crippen LogP contribution >= 0.6 is 0 Å². The fourth-order valence-electron chi connectivity index (χ4n) is 1.18. The van der Waals surface area contributed by atoms with Crippen LogP contribution in [0.5, 0.6) is 5.75 Å². The van der Waals surface area contributed by atoms with E-state index in [-0.39, 0.29) is 0 Å². The Morgan fingerprint density at radius 1 is 1.41 bits per heavy atom. The molecule has 0 aromatic heterocycles. The molecule has 0 heterocycles. The van der Waals surface area contributed by atoms with E-state index in [4.69, 9.17) is 14.6 Å². The quantitative estimate of drug-likeness (QED) is 0.467. The summed E-state index contributed by atoms with van der Waals surface area (Å²) in [4.78, 5) is 10.3. The van der Waals surface area contributed by atoms with Crippen LogP contribution < -0.4 is 4.74 Å². The standard InChI is InChI=1S/C13H14O4/c1-3-16-10(2)17-12-7-4-11(5-8-12)6-9-13(14)15/h3-10H,1H2,2H3,(H,14,15)/b9-6+. The zero-order valence-electron chi connectivity index (χ0n) is 9.50. The lowest BCUT2D eigenvalue weighted by Crippen LogP contribution is -2.12. The normalized spacial score (nSPS) is 12.1. The van der Waals surface area contributed by atoms with Crippen LogP contribution in [0, 0.1) is 0 Å². The number of carbonyl (C=O) groups is 1. The van der Waals surface area contributed by atoms with Gasteiger partial charge in [-0.25, -0.2) is 4.79 Å². The Hall–Kier alpha value is -2.23. The van der Waals surface area contributed by atoms with E-state index in [1.165, 1.54) is 12.3 Å². The van der Waals surface area contributed by atoms with Crippen molar-refractivity contribution in [1.82, 2.24) is 0 Å². The number of rotatable bonds is 6. The number of aliphatic carboxylic acids is 1. The molecule has 0 amide bonds. The van der Waals surface area contributed by atoms with Crippen LogP contribution in [-0.2, 0) is 9.53 Å². The van der Waals surface area contributed by atoms with Gasteiger partial charge in [0.1, 0.15) is 5.75 Å². The maximum absolute atomic E-state index is 10.3. The van der Waals surface area contributed by atoms with Gasteiger partial charge in [0, 0.05) is 13.0 Å². The number of hydrogen-bond donors (Lipinski definition) is 1. The fraction of sp³-hybridized carbons (Fsp3) is 0.154. The average Bonchev–Trinajstić information content (AvgIpc) is 2.28. The molecule has 4 heteroatoms. The van der Waals surface area contributed by atoms with Gasteiger partial charge in [0.15, 0.2) is 0 Å². The third kappa shape index (κ3) is 4.88. The lowest BCUT2D eigenvalue weighted by atomic mass is 10.2. The molecule has 17 heavy (non-hydrogen) atoms. The van der Waals surface area contributed by atoms with Crippen LogP contribution in [0.2, 0.25) is 0 Å². The van der Waals surface area contributed by atoms with Crippen molar-refractivity contribution >= 4 is 12.0 Å². The van der Waals surface area contributed by atoms with E-state index in [1.807, 2.05) is 0 Å². The molecule has 0 aliphatic heterocycles. The third-order valence-corrected chi connectivity index (χ3v) is 1.89. The number of carboxylic acid groups (broad SMARTS) is 1. The molecule has 1 aromatic rings. The minimum Gasteiger partial charge on any atom is -0.478 e. The number of hydrogen-bond acceptors (Lipinski definition) is 3. The zero-order valence-corrected chi connectivity index (χ0v) is 9.50. The van der Waals surface area contributed by atoms with Crippen LogP contribution in [0.25, 0.3) is 6.08 Å². The molecular formula is C13H14O4. The molecule has 1 aromatic carbocycles. The van der Waals surface area contributed by atoms with Gasteiger partial charge in [-0.15, -0.1) is 0 Å². The second kappa shape index (κ2) is 6.37. The second-order valence-electron chi connectivity index (χ2n) is 3.23. The van der Waals surface area contributed by atoms with Crippen LogP contribution in [-0.4, -0.2) is 17.4 Å². The maximum atomic E-state index is 10.3. The molecule has 1 atom stereocenters. The van der Waals surface area contributed by atoms with Gasteiger partial charge >= 0.3 is 5.97 Å². The van der Waals surface area contributed by atoms with Crippen LogP contribution in [0.4, 0.5) is 0 Å². The molecule has 90 valence electrons. The largest absolute Gasteiger partial charge is 0.478 e. The molecule has 0 aliphatic rings. The Bertz CT molecular complexity index is 406. The Morgan fingerprint density at radius 3 is 2.59 bits per heavy atom. The first kappa shape index (κ1) is 12.8. The van der Waals surface area contributed by atoms with Crippen molar-refractivity contribution in [3.8, 4) is 5.75 Å². The minimum atomic E-state index is -0.974. The Balaban J connectivity index is 2.61. The summed E-state index contributed by atoms with van der Waals surface area (Å²) in [5, 5.41) is 8.47. The lowest BCUT2D eigenvalue weighted by molar-refractivity contribution is -0.131. The van der Waals surface area contributed by atoms with E-state index >= 15 is 0 Å². The van der Waals surface area contributed by atoms with Gasteiger partial charge in [0.2, 0.25) is 6.29 Å². The van der Waals surface area contributed by atoms with Crippen molar-refractivity contribution in [2.75, 3.05) is 0 Å². The summed E-state index contributed by atoms with van der Waals surface area (Å²) in [6.45, 7) is 5.18. The first-order valence-corrected chi connectivity index (χ1v) is 5.06. The molecule has 0 fully saturated rings. The van der Waals surface area contributed by atoms with Gasteiger partial charge in [0.25, 0.3) is 0 Å². The highest BCUT2D eigenvalue weighted by Crippen LogP contribution is 2.15. The SMILES string of the molecule is C=COC(C)Oc1ccc(/C=C/C(=O)O)cc1. The van der Waals surface area contributed by atoms with Gasteiger partial charge in [-0.05, 0) is 23.8 Å². The van der Waals surface area contributed by atoms with Gasteiger partial charge in [-0.3, -0.25) is 0 Å². The van der Waals surface area contributed by atoms with E-state index in [1.54, 1.807) is 31.2 Å². The molecule has 0 saturated carbocycles. The van der Waals surface area contributed by atoms with E-state index in [9.17, 15) is 4.79 Å². The molecular weight excluding hydrogens is 220 g/mol. The summed E-state index contributed by atoms with van der Waals surface area (Å²) in [7, 11) is 0. The van der Waals surface area contributed by atoms with Crippen LogP contribution in [0.3, 0.4) is 0 Å². The molecule has 0 saturated heterocycles. The predicted molar refractivity (Wildman–Crippen MR) is 64.5 cm³/mol. The Morgan fingerprint density at radius 2 is 2.06 bits per heavy atom. The van der Waals surface area contributed by atoms with Gasteiger partial charge in [-0.1, -0.05) is 18.7 Å². The smallest absolute Gasteiger partial charge is 0.328 e. The highest BCUT2D eigenvalue weighted by molar-refractivity contribution is 5.85. The molecule has 1 unspecified atom stereocenters. The number of carboxylic acids is 1. The molecule has 4 nitrogen and oxygen atoms in total.